The van der Waals surface area contributed by atoms with Gasteiger partial charge in [-0.05, 0) is 33.7 Å². The van der Waals surface area contributed by atoms with Gasteiger partial charge in [-0.3, -0.25) is 0 Å². The van der Waals surface area contributed by atoms with Gasteiger partial charge in [0.2, 0.25) is 0 Å². The summed E-state index contributed by atoms with van der Waals surface area (Å²) < 4.78 is 17.3. The van der Waals surface area contributed by atoms with Crippen molar-refractivity contribution in [2.45, 2.75) is 39.7 Å². The van der Waals surface area contributed by atoms with Crippen LogP contribution in [0.1, 0.15) is 33.6 Å². The monoisotopic (exact) mass is 274 g/mol. The SMILES string of the molecule is CCO[Si](CCCNCCC#N)(OCC)OCC. The Morgan fingerprint density at radius 2 is 1.56 bits per heavy atom. The molecule has 18 heavy (non-hydrogen) atoms. The Labute approximate surface area is 112 Å². The van der Waals surface area contributed by atoms with Crippen LogP contribution in [0, 0.1) is 11.3 Å². The van der Waals surface area contributed by atoms with E-state index in [1.165, 1.54) is 0 Å². The van der Waals surface area contributed by atoms with E-state index >= 15 is 0 Å². The zero-order chi connectivity index (χ0) is 13.7. The summed E-state index contributed by atoms with van der Waals surface area (Å²) in [6, 6.07) is 2.93. The fraction of sp³-hybridized carbons (Fsp3) is 0.917. The zero-order valence-corrected chi connectivity index (χ0v) is 12.8. The number of rotatable bonds is 12. The molecule has 0 aromatic carbocycles. The van der Waals surface area contributed by atoms with Gasteiger partial charge in [-0.15, -0.1) is 0 Å². The molecule has 0 aliphatic heterocycles. The molecular formula is C12H26N2O3Si. The molecule has 0 aliphatic carbocycles. The fourth-order valence-electron chi connectivity index (χ4n) is 1.70. The van der Waals surface area contributed by atoms with Crippen LogP contribution in [-0.2, 0) is 13.3 Å². The number of hydrogen-bond acceptors (Lipinski definition) is 5. The number of nitrogens with one attached hydrogen (secondary N) is 1. The van der Waals surface area contributed by atoms with E-state index in [9.17, 15) is 0 Å². The van der Waals surface area contributed by atoms with Crippen molar-refractivity contribution in [3.63, 3.8) is 0 Å². The van der Waals surface area contributed by atoms with E-state index in [2.05, 4.69) is 11.4 Å². The van der Waals surface area contributed by atoms with Crippen molar-refractivity contribution < 1.29 is 13.3 Å². The molecule has 0 aromatic heterocycles. The molecule has 0 atom stereocenters. The summed E-state index contributed by atoms with van der Waals surface area (Å²) >= 11 is 0. The number of nitrogens with zero attached hydrogens (tertiary/aromatic N) is 1. The first kappa shape index (κ1) is 17.5. The standard InChI is InChI=1S/C12H26N2O3Si/c1-4-15-18(16-5-2,17-6-3)12-8-11-14-10-7-9-13/h14H,4-8,10-12H2,1-3H3. The summed E-state index contributed by atoms with van der Waals surface area (Å²) in [5.41, 5.74) is 0. The first-order valence-corrected chi connectivity index (χ1v) is 8.67. The number of nitriles is 1. The van der Waals surface area contributed by atoms with Crippen LogP contribution in [0.15, 0.2) is 0 Å². The summed E-state index contributed by atoms with van der Waals surface area (Å²) in [5.74, 6) is 0. The molecule has 6 heteroatoms. The van der Waals surface area contributed by atoms with Crippen molar-refractivity contribution in [3.8, 4) is 6.07 Å². The van der Waals surface area contributed by atoms with Gasteiger partial charge in [0.25, 0.3) is 0 Å². The lowest BCUT2D eigenvalue weighted by molar-refractivity contribution is 0.0708. The summed E-state index contributed by atoms with van der Waals surface area (Å²) in [6.07, 6.45) is 1.49. The number of hydrogen-bond donors (Lipinski definition) is 1. The normalized spacial score (nSPS) is 11.4. The van der Waals surface area contributed by atoms with Gasteiger partial charge in [0, 0.05) is 38.8 Å². The second-order valence-corrected chi connectivity index (χ2v) is 6.48. The second-order valence-electron chi connectivity index (χ2n) is 3.74. The lowest BCUT2D eigenvalue weighted by Crippen LogP contribution is -2.46. The second kappa shape index (κ2) is 11.6. The predicted octanol–water partition coefficient (Wildman–Crippen LogP) is 1.93. The summed E-state index contributed by atoms with van der Waals surface area (Å²) in [5, 5.41) is 11.6. The highest BCUT2D eigenvalue weighted by Gasteiger charge is 2.39. The third-order valence-electron chi connectivity index (χ3n) is 2.34. The molecule has 0 aliphatic rings. The Morgan fingerprint density at radius 3 is 2.00 bits per heavy atom. The van der Waals surface area contributed by atoms with E-state index in [0.717, 1.165) is 25.6 Å². The van der Waals surface area contributed by atoms with Gasteiger partial charge in [0.05, 0.1) is 6.07 Å². The van der Waals surface area contributed by atoms with E-state index in [1.807, 2.05) is 20.8 Å². The van der Waals surface area contributed by atoms with Gasteiger partial charge < -0.3 is 18.6 Å². The van der Waals surface area contributed by atoms with Crippen molar-refractivity contribution in [2.75, 3.05) is 32.9 Å². The molecule has 0 rings (SSSR count). The Bertz CT molecular complexity index is 217. The van der Waals surface area contributed by atoms with Gasteiger partial charge in [-0.1, -0.05) is 0 Å². The highest BCUT2D eigenvalue weighted by molar-refractivity contribution is 6.60. The van der Waals surface area contributed by atoms with Gasteiger partial charge >= 0.3 is 8.80 Å². The third-order valence-corrected chi connectivity index (χ3v) is 5.49. The molecule has 0 radical (unpaired) electrons. The molecule has 0 saturated carbocycles. The molecule has 0 aromatic rings. The van der Waals surface area contributed by atoms with Crippen molar-refractivity contribution in [1.82, 2.24) is 5.32 Å². The smallest absolute Gasteiger partial charge is 0.374 e. The third kappa shape index (κ3) is 7.79. The lowest BCUT2D eigenvalue weighted by Gasteiger charge is -2.28. The fourth-order valence-corrected chi connectivity index (χ4v) is 4.31. The molecular weight excluding hydrogens is 248 g/mol. The topological polar surface area (TPSA) is 63.5 Å². The molecule has 0 bridgehead atoms. The van der Waals surface area contributed by atoms with Crippen LogP contribution in [-0.4, -0.2) is 41.7 Å². The van der Waals surface area contributed by atoms with E-state index in [1.54, 1.807) is 0 Å². The Morgan fingerprint density at radius 1 is 1.00 bits per heavy atom. The Kier molecular flexibility index (Phi) is 11.3. The van der Waals surface area contributed by atoms with Crippen LogP contribution in [0.2, 0.25) is 6.04 Å². The van der Waals surface area contributed by atoms with Gasteiger partial charge in [0.15, 0.2) is 0 Å². The minimum Gasteiger partial charge on any atom is -0.374 e. The Balaban J connectivity index is 4.01. The maximum Gasteiger partial charge on any atom is 0.500 e. The predicted molar refractivity (Wildman–Crippen MR) is 73.2 cm³/mol. The van der Waals surface area contributed by atoms with Crippen molar-refractivity contribution in [3.05, 3.63) is 0 Å². The largest absolute Gasteiger partial charge is 0.500 e. The molecule has 1 N–H and O–H groups in total. The molecule has 0 fully saturated rings. The highest BCUT2D eigenvalue weighted by atomic mass is 28.4. The van der Waals surface area contributed by atoms with Crippen LogP contribution in [0.5, 0.6) is 0 Å². The summed E-state index contributed by atoms with van der Waals surface area (Å²) in [4.78, 5) is 0. The lowest BCUT2D eigenvalue weighted by atomic mass is 10.4. The van der Waals surface area contributed by atoms with Crippen LogP contribution >= 0.6 is 0 Å². The molecule has 0 spiro atoms. The first-order valence-electron chi connectivity index (χ1n) is 6.74. The van der Waals surface area contributed by atoms with Gasteiger partial charge in [-0.2, -0.15) is 5.26 Å². The molecule has 0 amide bonds. The minimum atomic E-state index is -2.47. The molecule has 0 heterocycles. The summed E-state index contributed by atoms with van der Waals surface area (Å²) in [6.45, 7) is 9.35. The van der Waals surface area contributed by atoms with E-state index in [-0.39, 0.29) is 0 Å². The molecule has 0 unspecified atom stereocenters. The zero-order valence-electron chi connectivity index (χ0n) is 11.8. The van der Waals surface area contributed by atoms with Crippen molar-refractivity contribution >= 4 is 8.80 Å². The summed E-state index contributed by atoms with van der Waals surface area (Å²) in [7, 11) is -2.47. The maximum absolute atomic E-state index is 8.42. The first-order chi connectivity index (χ1) is 8.74. The van der Waals surface area contributed by atoms with E-state index in [0.29, 0.717) is 26.2 Å². The Hall–Kier alpha value is -0.453. The maximum atomic E-state index is 8.42. The molecule has 0 saturated heterocycles. The highest BCUT2D eigenvalue weighted by Crippen LogP contribution is 2.17. The molecule has 106 valence electrons. The van der Waals surface area contributed by atoms with Gasteiger partial charge in [0.1, 0.15) is 0 Å². The van der Waals surface area contributed by atoms with E-state index in [4.69, 9.17) is 18.5 Å². The van der Waals surface area contributed by atoms with Crippen molar-refractivity contribution in [2.24, 2.45) is 0 Å². The van der Waals surface area contributed by atoms with Crippen LogP contribution in [0.25, 0.3) is 0 Å². The average molecular weight is 274 g/mol. The van der Waals surface area contributed by atoms with Crippen LogP contribution in [0.3, 0.4) is 0 Å². The van der Waals surface area contributed by atoms with Crippen LogP contribution in [0.4, 0.5) is 0 Å². The quantitative estimate of drug-likeness (QED) is 0.435. The minimum absolute atomic E-state index is 0.547. The van der Waals surface area contributed by atoms with Crippen molar-refractivity contribution in [1.29, 1.82) is 5.26 Å². The van der Waals surface area contributed by atoms with Gasteiger partial charge in [-0.25, -0.2) is 0 Å². The average Bonchev–Trinajstić information content (AvgIpc) is 2.35. The van der Waals surface area contributed by atoms with E-state index < -0.39 is 8.80 Å². The van der Waals surface area contributed by atoms with Crippen LogP contribution < -0.4 is 5.32 Å². The molecule has 5 nitrogen and oxygen atoms in total.